The van der Waals surface area contributed by atoms with E-state index in [1.807, 2.05) is 0 Å². The van der Waals surface area contributed by atoms with Crippen molar-refractivity contribution in [1.29, 1.82) is 0 Å². The average molecular weight is 453 g/mol. The van der Waals surface area contributed by atoms with E-state index >= 15 is 0 Å². The second-order valence-electron chi connectivity index (χ2n) is 5.80. The Hall–Kier alpha value is -2.00. The number of hydrogen-bond donors (Lipinski definition) is 0. The number of halogens is 6. The molecule has 0 N–H and O–H groups in total. The molecule has 0 saturated carbocycles. The molecular weight excluding hydrogens is 444 g/mol. The van der Waals surface area contributed by atoms with Crippen LogP contribution in [0.2, 0.25) is 0 Å². The SMILES string of the molecule is CN1C2C=CC1c1c(OS(=O)(=O)C(F)(F)F)ccc(OS(=O)(=O)C(F)(F)F)c12. The molecular formula is C13H9F6NO6S2. The van der Waals surface area contributed by atoms with Gasteiger partial charge in [-0.1, -0.05) is 12.2 Å². The van der Waals surface area contributed by atoms with Crippen LogP contribution in [-0.2, 0) is 20.2 Å². The van der Waals surface area contributed by atoms with Crippen LogP contribution in [0.25, 0.3) is 0 Å². The lowest BCUT2D eigenvalue weighted by Crippen LogP contribution is -2.29. The highest BCUT2D eigenvalue weighted by atomic mass is 32.2. The molecule has 156 valence electrons. The molecule has 2 bridgehead atoms. The van der Waals surface area contributed by atoms with Crippen LogP contribution in [0, 0.1) is 0 Å². The predicted molar refractivity (Wildman–Crippen MR) is 80.0 cm³/mol. The molecule has 3 rings (SSSR count). The number of rotatable bonds is 4. The standard InChI is InChI=1S/C13H9F6NO6S2/c1-20-6-2-3-7(20)11-9(26-28(23,24)13(17,18)19)5-4-8(10(6)11)25-27(21,22)12(14,15)16/h2-7H,1H3. The maximum atomic E-state index is 12.6. The van der Waals surface area contributed by atoms with Gasteiger partial charge in [0.2, 0.25) is 0 Å². The van der Waals surface area contributed by atoms with Gasteiger partial charge in [-0.25, -0.2) is 0 Å². The summed E-state index contributed by atoms with van der Waals surface area (Å²) in [5.74, 6) is -1.60. The first kappa shape index (κ1) is 20.7. The summed E-state index contributed by atoms with van der Waals surface area (Å²) >= 11 is 0. The third-order valence-electron chi connectivity index (χ3n) is 4.12. The molecule has 1 aromatic carbocycles. The van der Waals surface area contributed by atoms with Gasteiger partial charge in [-0.3, -0.25) is 4.90 Å². The fourth-order valence-corrected chi connectivity index (χ4v) is 3.89. The van der Waals surface area contributed by atoms with Crippen LogP contribution in [0.4, 0.5) is 26.3 Å². The number of hydrogen-bond acceptors (Lipinski definition) is 7. The summed E-state index contributed by atoms with van der Waals surface area (Å²) in [5.41, 5.74) is -12.0. The van der Waals surface area contributed by atoms with Gasteiger partial charge >= 0.3 is 31.3 Å². The van der Waals surface area contributed by atoms with Crippen molar-refractivity contribution >= 4 is 20.2 Å². The van der Waals surface area contributed by atoms with Gasteiger partial charge in [0.05, 0.1) is 12.1 Å². The molecule has 0 saturated heterocycles. The minimum absolute atomic E-state index is 0.238. The fraction of sp³-hybridized carbons (Fsp3) is 0.385. The summed E-state index contributed by atoms with van der Waals surface area (Å²) in [7, 11) is -10.7. The Morgan fingerprint density at radius 1 is 0.786 bits per heavy atom. The first-order chi connectivity index (χ1) is 12.6. The average Bonchev–Trinajstić information content (AvgIpc) is 3.01. The Morgan fingerprint density at radius 2 is 1.11 bits per heavy atom. The van der Waals surface area contributed by atoms with Crippen LogP contribution < -0.4 is 8.37 Å². The number of benzene rings is 1. The molecule has 0 amide bonds. The minimum atomic E-state index is -6.06. The maximum Gasteiger partial charge on any atom is 0.534 e. The molecule has 2 unspecified atom stereocenters. The zero-order valence-electron chi connectivity index (χ0n) is 13.4. The van der Waals surface area contributed by atoms with Gasteiger partial charge < -0.3 is 8.37 Å². The van der Waals surface area contributed by atoms with Crippen molar-refractivity contribution in [2.75, 3.05) is 7.05 Å². The van der Waals surface area contributed by atoms with Crippen molar-refractivity contribution in [3.63, 3.8) is 0 Å². The molecule has 0 aliphatic carbocycles. The van der Waals surface area contributed by atoms with Gasteiger partial charge in [0, 0.05) is 11.1 Å². The number of alkyl halides is 6. The van der Waals surface area contributed by atoms with E-state index in [4.69, 9.17) is 0 Å². The zero-order chi connectivity index (χ0) is 21.3. The molecule has 2 aliphatic rings. The highest BCUT2D eigenvalue weighted by Crippen LogP contribution is 2.55. The summed E-state index contributed by atoms with van der Waals surface area (Å²) in [6, 6.07) is -0.497. The van der Waals surface area contributed by atoms with E-state index in [1.54, 1.807) is 0 Å². The van der Waals surface area contributed by atoms with Gasteiger partial charge in [0.1, 0.15) is 11.5 Å². The highest BCUT2D eigenvalue weighted by Gasteiger charge is 2.52. The van der Waals surface area contributed by atoms with E-state index in [0.717, 1.165) is 0 Å². The van der Waals surface area contributed by atoms with Crippen molar-refractivity contribution in [3.8, 4) is 11.5 Å². The van der Waals surface area contributed by atoms with Crippen LogP contribution in [0.5, 0.6) is 11.5 Å². The molecule has 2 aliphatic heterocycles. The van der Waals surface area contributed by atoms with E-state index in [-0.39, 0.29) is 11.1 Å². The summed E-state index contributed by atoms with van der Waals surface area (Å²) in [5, 5.41) is 0. The minimum Gasteiger partial charge on any atom is -0.376 e. The second-order valence-corrected chi connectivity index (χ2v) is 8.87. The van der Waals surface area contributed by atoms with Gasteiger partial charge in [-0.05, 0) is 19.2 Å². The summed E-state index contributed by atoms with van der Waals surface area (Å²) in [4.78, 5) is 1.45. The molecule has 0 spiro atoms. The van der Waals surface area contributed by atoms with E-state index in [9.17, 15) is 43.2 Å². The van der Waals surface area contributed by atoms with Crippen LogP contribution in [0.1, 0.15) is 23.2 Å². The quantitative estimate of drug-likeness (QED) is 0.300. The molecule has 2 atom stereocenters. The van der Waals surface area contributed by atoms with Crippen molar-refractivity contribution in [2.45, 2.75) is 23.1 Å². The van der Waals surface area contributed by atoms with Crippen LogP contribution in [0.3, 0.4) is 0 Å². The van der Waals surface area contributed by atoms with Crippen molar-refractivity contribution in [1.82, 2.24) is 4.90 Å². The molecule has 0 fully saturated rings. The van der Waals surface area contributed by atoms with Crippen LogP contribution >= 0.6 is 0 Å². The van der Waals surface area contributed by atoms with E-state index in [0.29, 0.717) is 12.1 Å². The van der Waals surface area contributed by atoms with Crippen molar-refractivity contribution in [3.05, 3.63) is 35.4 Å². The Bertz CT molecular complexity index is 977. The lowest BCUT2D eigenvalue weighted by atomic mass is 9.95. The fourth-order valence-electron chi connectivity index (χ4n) is 2.94. The Balaban J connectivity index is 2.12. The van der Waals surface area contributed by atoms with Gasteiger partial charge in [-0.2, -0.15) is 43.2 Å². The van der Waals surface area contributed by atoms with E-state index in [1.165, 1.54) is 24.1 Å². The monoisotopic (exact) mass is 453 g/mol. The summed E-state index contributed by atoms with van der Waals surface area (Å²) < 4.78 is 129. The van der Waals surface area contributed by atoms with Gasteiger partial charge in [0.25, 0.3) is 0 Å². The smallest absolute Gasteiger partial charge is 0.376 e. The summed E-state index contributed by atoms with van der Waals surface area (Å²) in [6.45, 7) is 0. The molecule has 1 aromatic rings. The van der Waals surface area contributed by atoms with Crippen LogP contribution in [-0.4, -0.2) is 39.8 Å². The lowest BCUT2D eigenvalue weighted by Gasteiger charge is -2.19. The van der Waals surface area contributed by atoms with Gasteiger partial charge in [-0.15, -0.1) is 0 Å². The largest absolute Gasteiger partial charge is 0.534 e. The first-order valence-corrected chi connectivity index (χ1v) is 9.97. The lowest BCUT2D eigenvalue weighted by molar-refractivity contribution is -0.0506. The molecule has 0 aromatic heterocycles. The second kappa shape index (κ2) is 6.00. The Labute approximate surface area is 154 Å². The number of likely N-dealkylation sites (N-methyl/N-ethyl adjacent to an activating group) is 1. The molecule has 0 radical (unpaired) electrons. The summed E-state index contributed by atoms with van der Waals surface area (Å²) in [6.07, 6.45) is 2.89. The normalized spacial score (nSPS) is 22.4. The zero-order valence-corrected chi connectivity index (χ0v) is 15.1. The van der Waals surface area contributed by atoms with Crippen molar-refractivity contribution in [2.24, 2.45) is 0 Å². The molecule has 28 heavy (non-hydrogen) atoms. The molecule has 15 heteroatoms. The van der Waals surface area contributed by atoms with Crippen LogP contribution in [0.15, 0.2) is 24.3 Å². The van der Waals surface area contributed by atoms with Gasteiger partial charge in [0.15, 0.2) is 0 Å². The first-order valence-electron chi connectivity index (χ1n) is 7.15. The highest BCUT2D eigenvalue weighted by molar-refractivity contribution is 7.88. The van der Waals surface area contributed by atoms with E-state index < -0.39 is 54.8 Å². The van der Waals surface area contributed by atoms with E-state index in [2.05, 4.69) is 8.37 Å². The Kier molecular flexibility index (Phi) is 4.44. The predicted octanol–water partition coefficient (Wildman–Crippen LogP) is 2.74. The number of nitrogens with zero attached hydrogens (tertiary/aromatic N) is 1. The molecule has 7 nitrogen and oxygen atoms in total. The number of fused-ring (bicyclic) bond motifs is 5. The maximum absolute atomic E-state index is 12.6. The molecule has 2 heterocycles. The van der Waals surface area contributed by atoms with Crippen molar-refractivity contribution < 1.29 is 51.5 Å². The third kappa shape index (κ3) is 3.10. The topological polar surface area (TPSA) is 90.0 Å². The third-order valence-corrected chi connectivity index (χ3v) is 6.05. The Morgan fingerprint density at radius 3 is 1.39 bits per heavy atom.